The minimum atomic E-state index is -0.546. The second-order valence-electron chi connectivity index (χ2n) is 11.1. The third kappa shape index (κ3) is 5.27. The van der Waals surface area contributed by atoms with Crippen molar-refractivity contribution in [3.05, 3.63) is 30.0 Å². The fourth-order valence-electron chi connectivity index (χ4n) is 5.69. The van der Waals surface area contributed by atoms with Crippen molar-refractivity contribution in [1.29, 1.82) is 0 Å². The maximum Gasteiger partial charge on any atom is 0.251 e. The predicted octanol–water partition coefficient (Wildman–Crippen LogP) is 3.89. The normalized spacial score (nSPS) is 21.3. The number of carbonyl (C=O) groups excluding carboxylic acids is 2. The zero-order valence-electron chi connectivity index (χ0n) is 22.7. The Morgan fingerprint density at radius 1 is 1.21 bits per heavy atom. The van der Waals surface area contributed by atoms with Crippen molar-refractivity contribution < 1.29 is 19.1 Å². The summed E-state index contributed by atoms with van der Waals surface area (Å²) in [5.74, 6) is 1.56. The van der Waals surface area contributed by atoms with Crippen LogP contribution in [0.4, 0.5) is 23.1 Å². The molecule has 1 aliphatic carbocycles. The molecule has 204 valence electrons. The van der Waals surface area contributed by atoms with Crippen molar-refractivity contribution in [3.8, 4) is 5.75 Å². The van der Waals surface area contributed by atoms with Crippen LogP contribution in [0, 0.1) is 5.41 Å². The molecule has 2 fully saturated rings. The van der Waals surface area contributed by atoms with Crippen LogP contribution in [0.1, 0.15) is 62.7 Å². The summed E-state index contributed by atoms with van der Waals surface area (Å²) in [6.45, 7) is 5.84. The Hall–Kier alpha value is -3.40. The number of ether oxygens (including phenoxy) is 2. The fourth-order valence-corrected chi connectivity index (χ4v) is 5.69. The molecule has 1 atom stereocenters. The molecule has 2 amide bonds. The number of anilines is 4. The quantitative estimate of drug-likeness (QED) is 0.564. The van der Waals surface area contributed by atoms with Crippen LogP contribution in [0.5, 0.6) is 5.75 Å². The molecular formula is C28H38N6O4. The maximum atomic E-state index is 13.2. The molecule has 1 aromatic carbocycles. The Bertz CT molecular complexity index is 1190. The predicted molar refractivity (Wildman–Crippen MR) is 146 cm³/mol. The van der Waals surface area contributed by atoms with Gasteiger partial charge in [0.15, 0.2) is 5.82 Å². The van der Waals surface area contributed by atoms with Gasteiger partial charge in [-0.3, -0.25) is 9.59 Å². The van der Waals surface area contributed by atoms with Gasteiger partial charge in [0, 0.05) is 38.3 Å². The van der Waals surface area contributed by atoms with Crippen LogP contribution in [-0.4, -0.2) is 67.8 Å². The van der Waals surface area contributed by atoms with Crippen LogP contribution in [0.25, 0.3) is 0 Å². The molecule has 10 heteroatoms. The van der Waals surface area contributed by atoms with Crippen LogP contribution < -0.4 is 25.2 Å². The number of amides is 2. The summed E-state index contributed by atoms with van der Waals surface area (Å²) < 4.78 is 11.2. The van der Waals surface area contributed by atoms with Gasteiger partial charge in [-0.1, -0.05) is 12.8 Å². The van der Waals surface area contributed by atoms with Crippen molar-refractivity contribution in [2.24, 2.45) is 5.41 Å². The first-order valence-electron chi connectivity index (χ1n) is 13.5. The summed E-state index contributed by atoms with van der Waals surface area (Å²) >= 11 is 0. The van der Waals surface area contributed by atoms with Crippen LogP contribution >= 0.6 is 0 Å². The lowest BCUT2D eigenvalue weighted by atomic mass is 9.91. The molecule has 2 N–H and O–H groups in total. The molecule has 2 aliphatic heterocycles. The molecule has 38 heavy (non-hydrogen) atoms. The maximum absolute atomic E-state index is 13.2. The van der Waals surface area contributed by atoms with E-state index in [2.05, 4.69) is 20.5 Å². The molecular weight excluding hydrogens is 484 g/mol. The SMILES string of the molecule is COc1cc(C(=O)NCC2CCCO2)ccc1Nc1ncc2c(n1)N(C1CCCC1)CC(C)(C)C(=O)N2C. The number of fused-ring (bicyclic) bond motifs is 1. The van der Waals surface area contributed by atoms with E-state index in [0.717, 1.165) is 38.1 Å². The summed E-state index contributed by atoms with van der Waals surface area (Å²) in [4.78, 5) is 39.4. The van der Waals surface area contributed by atoms with Gasteiger partial charge < -0.3 is 29.9 Å². The first-order valence-corrected chi connectivity index (χ1v) is 13.5. The van der Waals surface area contributed by atoms with Crippen LogP contribution in [-0.2, 0) is 9.53 Å². The molecule has 5 rings (SSSR count). The Balaban J connectivity index is 1.39. The highest BCUT2D eigenvalue weighted by molar-refractivity contribution is 6.01. The van der Waals surface area contributed by atoms with E-state index in [1.165, 1.54) is 12.8 Å². The van der Waals surface area contributed by atoms with E-state index in [0.29, 0.717) is 47.8 Å². The molecule has 0 radical (unpaired) electrons. The number of carbonyl (C=O) groups is 2. The van der Waals surface area contributed by atoms with E-state index in [1.807, 2.05) is 13.8 Å². The molecule has 2 aromatic rings. The number of methoxy groups -OCH3 is 1. The smallest absolute Gasteiger partial charge is 0.251 e. The zero-order chi connectivity index (χ0) is 26.9. The lowest BCUT2D eigenvalue weighted by Gasteiger charge is -2.34. The molecule has 0 spiro atoms. The van der Waals surface area contributed by atoms with Gasteiger partial charge in [0.1, 0.15) is 11.4 Å². The Kier molecular flexibility index (Phi) is 7.43. The number of nitrogens with zero attached hydrogens (tertiary/aromatic N) is 4. The summed E-state index contributed by atoms with van der Waals surface area (Å²) in [6, 6.07) is 5.59. The molecule has 3 aliphatic rings. The van der Waals surface area contributed by atoms with E-state index in [9.17, 15) is 9.59 Å². The fraction of sp³-hybridized carbons (Fsp3) is 0.571. The number of hydrogen-bond acceptors (Lipinski definition) is 8. The minimum Gasteiger partial charge on any atom is -0.495 e. The molecule has 1 saturated carbocycles. The molecule has 1 saturated heterocycles. The summed E-state index contributed by atoms with van der Waals surface area (Å²) in [7, 11) is 3.36. The lowest BCUT2D eigenvalue weighted by molar-refractivity contribution is -0.125. The number of nitrogens with one attached hydrogen (secondary N) is 2. The summed E-state index contributed by atoms with van der Waals surface area (Å²) in [5, 5.41) is 6.21. The highest BCUT2D eigenvalue weighted by Crippen LogP contribution is 2.40. The number of rotatable bonds is 7. The van der Waals surface area contributed by atoms with Crippen molar-refractivity contribution in [2.45, 2.75) is 64.5 Å². The third-order valence-electron chi connectivity index (χ3n) is 7.82. The van der Waals surface area contributed by atoms with Gasteiger partial charge in [-0.15, -0.1) is 0 Å². The van der Waals surface area contributed by atoms with Gasteiger partial charge in [0.25, 0.3) is 5.91 Å². The van der Waals surface area contributed by atoms with Gasteiger partial charge in [-0.05, 0) is 57.7 Å². The van der Waals surface area contributed by atoms with E-state index < -0.39 is 5.41 Å². The first kappa shape index (κ1) is 26.2. The molecule has 1 aromatic heterocycles. The van der Waals surface area contributed by atoms with Gasteiger partial charge in [-0.25, -0.2) is 4.98 Å². The Morgan fingerprint density at radius 2 is 2.00 bits per heavy atom. The Morgan fingerprint density at radius 3 is 2.71 bits per heavy atom. The van der Waals surface area contributed by atoms with E-state index in [-0.39, 0.29) is 17.9 Å². The highest BCUT2D eigenvalue weighted by Gasteiger charge is 2.41. The number of benzene rings is 1. The Labute approximate surface area is 224 Å². The molecule has 1 unspecified atom stereocenters. The van der Waals surface area contributed by atoms with Gasteiger partial charge in [0.05, 0.1) is 30.5 Å². The van der Waals surface area contributed by atoms with Crippen LogP contribution in [0.2, 0.25) is 0 Å². The summed E-state index contributed by atoms with van der Waals surface area (Å²) in [6.07, 6.45) is 8.33. The minimum absolute atomic E-state index is 0.0542. The molecule has 3 heterocycles. The monoisotopic (exact) mass is 522 g/mol. The number of aromatic nitrogens is 2. The second-order valence-corrected chi connectivity index (χ2v) is 11.1. The largest absolute Gasteiger partial charge is 0.495 e. The average molecular weight is 523 g/mol. The van der Waals surface area contributed by atoms with E-state index >= 15 is 0 Å². The average Bonchev–Trinajstić information content (AvgIpc) is 3.63. The van der Waals surface area contributed by atoms with E-state index in [1.54, 1.807) is 43.5 Å². The number of hydrogen-bond donors (Lipinski definition) is 2. The van der Waals surface area contributed by atoms with E-state index in [4.69, 9.17) is 14.5 Å². The lowest BCUT2D eigenvalue weighted by Crippen LogP contribution is -2.45. The second kappa shape index (κ2) is 10.8. The van der Waals surface area contributed by atoms with Gasteiger partial charge in [0.2, 0.25) is 11.9 Å². The standard InChI is InChI=1S/C28H38N6O4/c1-28(2)17-34(19-8-5-6-9-19)24-22(33(3)26(28)36)16-30-27(32-24)31-21-12-11-18(14-23(21)37-4)25(35)29-15-20-10-7-13-38-20/h11-12,14,16,19-20H,5-10,13,15,17H2,1-4H3,(H,29,35)(H,30,31,32). The van der Waals surface area contributed by atoms with Crippen molar-refractivity contribution in [1.82, 2.24) is 15.3 Å². The van der Waals surface area contributed by atoms with Crippen molar-refractivity contribution in [2.75, 3.05) is 49.0 Å². The molecule has 0 bridgehead atoms. The summed E-state index contributed by atoms with van der Waals surface area (Å²) in [5.41, 5.74) is 1.31. The van der Waals surface area contributed by atoms with Crippen LogP contribution in [0.15, 0.2) is 24.4 Å². The third-order valence-corrected chi connectivity index (χ3v) is 7.82. The first-order chi connectivity index (χ1) is 18.3. The van der Waals surface area contributed by atoms with Gasteiger partial charge in [-0.2, -0.15) is 4.98 Å². The van der Waals surface area contributed by atoms with Crippen molar-refractivity contribution >= 4 is 35.0 Å². The highest BCUT2D eigenvalue weighted by atomic mass is 16.5. The zero-order valence-corrected chi connectivity index (χ0v) is 22.7. The van der Waals surface area contributed by atoms with Crippen molar-refractivity contribution in [3.63, 3.8) is 0 Å². The van der Waals surface area contributed by atoms with Crippen LogP contribution in [0.3, 0.4) is 0 Å². The topological polar surface area (TPSA) is 109 Å². The molecule has 10 nitrogen and oxygen atoms in total. The van der Waals surface area contributed by atoms with Gasteiger partial charge >= 0.3 is 0 Å².